The zero-order valence-corrected chi connectivity index (χ0v) is 13.2. The van der Waals surface area contributed by atoms with Crippen LogP contribution in [0.4, 0.5) is 0 Å². The molecule has 0 saturated heterocycles. The fourth-order valence-corrected chi connectivity index (χ4v) is 2.69. The quantitative estimate of drug-likeness (QED) is 0.539. The number of Topliss-reactive ketones (excluding diaryl/α,β-unsaturated/α-hetero) is 1. The molecule has 6 nitrogen and oxygen atoms in total. The van der Waals surface area contributed by atoms with Crippen molar-refractivity contribution in [1.29, 1.82) is 0 Å². The first-order chi connectivity index (χ1) is 12.2. The molecule has 0 N–H and O–H groups in total. The molecule has 122 valence electrons. The number of rotatable bonds is 4. The maximum absolute atomic E-state index is 12.7. The van der Waals surface area contributed by atoms with Crippen LogP contribution in [0.2, 0.25) is 0 Å². The number of ketones is 1. The van der Waals surface area contributed by atoms with Gasteiger partial charge >= 0.3 is 0 Å². The lowest BCUT2D eigenvalue weighted by Crippen LogP contribution is -2.24. The Balaban J connectivity index is 1.72. The van der Waals surface area contributed by atoms with E-state index in [0.717, 1.165) is 5.69 Å². The van der Waals surface area contributed by atoms with Gasteiger partial charge < -0.3 is 0 Å². The molecule has 0 bridgehead atoms. The predicted molar refractivity (Wildman–Crippen MR) is 93.9 cm³/mol. The number of fused-ring (bicyclic) bond motifs is 1. The van der Waals surface area contributed by atoms with Crippen LogP contribution in [0.25, 0.3) is 16.7 Å². The Hall–Kier alpha value is -3.54. The minimum absolute atomic E-state index is 0.0533. The van der Waals surface area contributed by atoms with Gasteiger partial charge in [-0.1, -0.05) is 48.5 Å². The van der Waals surface area contributed by atoms with Crippen LogP contribution in [0.5, 0.6) is 0 Å². The summed E-state index contributed by atoms with van der Waals surface area (Å²) < 4.78 is 2.93. The second-order valence-corrected chi connectivity index (χ2v) is 5.60. The molecule has 2 heterocycles. The molecular formula is C19H14N4O2. The van der Waals surface area contributed by atoms with Gasteiger partial charge in [-0.3, -0.25) is 14.2 Å². The number of carbonyl (C=O) groups excluding carboxylic acids is 1. The number of carbonyl (C=O) groups is 1. The van der Waals surface area contributed by atoms with Crippen molar-refractivity contribution in [2.75, 3.05) is 0 Å². The lowest BCUT2D eigenvalue weighted by Gasteiger charge is -2.06. The standard InChI is InChI=1S/C19H14N4O2/c24-17(14-7-3-1-4-8-14)12-22-13-20-18-16(19(22)25)11-21-23(18)15-9-5-2-6-10-15/h1-11,13H,12H2. The lowest BCUT2D eigenvalue weighted by atomic mass is 10.1. The molecular weight excluding hydrogens is 316 g/mol. The number of nitrogens with zero attached hydrogens (tertiary/aromatic N) is 4. The summed E-state index contributed by atoms with van der Waals surface area (Å²) in [7, 11) is 0. The first kappa shape index (κ1) is 15.0. The highest BCUT2D eigenvalue weighted by atomic mass is 16.1. The summed E-state index contributed by atoms with van der Waals surface area (Å²) in [6.45, 7) is -0.0533. The minimum atomic E-state index is -0.281. The van der Waals surface area contributed by atoms with E-state index in [1.165, 1.54) is 17.1 Å². The van der Waals surface area contributed by atoms with Gasteiger partial charge in [0.05, 0.1) is 18.4 Å². The normalized spacial score (nSPS) is 10.9. The fourth-order valence-electron chi connectivity index (χ4n) is 2.69. The Labute approximate surface area is 143 Å². The van der Waals surface area contributed by atoms with Crippen molar-refractivity contribution in [3.05, 3.63) is 89.1 Å². The van der Waals surface area contributed by atoms with Gasteiger partial charge in [-0.2, -0.15) is 5.10 Å². The Kier molecular flexibility index (Phi) is 3.70. The third-order valence-electron chi connectivity index (χ3n) is 3.96. The summed E-state index contributed by atoms with van der Waals surface area (Å²) in [6, 6.07) is 18.4. The summed E-state index contributed by atoms with van der Waals surface area (Å²) in [5, 5.41) is 4.64. The van der Waals surface area contributed by atoms with E-state index in [9.17, 15) is 9.59 Å². The van der Waals surface area contributed by atoms with Gasteiger partial charge in [0.2, 0.25) is 0 Å². The molecule has 0 aliphatic carbocycles. The Morgan fingerprint density at radius 2 is 1.64 bits per heavy atom. The molecule has 0 radical (unpaired) electrons. The highest BCUT2D eigenvalue weighted by Crippen LogP contribution is 2.13. The number of aromatic nitrogens is 4. The molecule has 0 amide bonds. The van der Waals surface area contributed by atoms with Crippen LogP contribution in [0, 0.1) is 0 Å². The van der Waals surface area contributed by atoms with Crippen molar-refractivity contribution in [3.63, 3.8) is 0 Å². The van der Waals surface area contributed by atoms with Crippen molar-refractivity contribution in [3.8, 4) is 5.69 Å². The molecule has 6 heteroatoms. The van der Waals surface area contributed by atoms with Crippen LogP contribution in [-0.2, 0) is 6.54 Å². The highest BCUT2D eigenvalue weighted by Gasteiger charge is 2.13. The molecule has 25 heavy (non-hydrogen) atoms. The monoisotopic (exact) mass is 330 g/mol. The van der Waals surface area contributed by atoms with Gasteiger partial charge in [0, 0.05) is 5.56 Å². The summed E-state index contributed by atoms with van der Waals surface area (Å²) >= 11 is 0. The number of hydrogen-bond acceptors (Lipinski definition) is 4. The SMILES string of the molecule is O=C(Cn1cnc2c(cnn2-c2ccccc2)c1=O)c1ccccc1. The minimum Gasteiger partial charge on any atom is -0.292 e. The van der Waals surface area contributed by atoms with Crippen molar-refractivity contribution < 1.29 is 4.79 Å². The molecule has 0 aliphatic rings. The van der Waals surface area contributed by atoms with Gasteiger partial charge in [-0.25, -0.2) is 9.67 Å². The van der Waals surface area contributed by atoms with E-state index in [0.29, 0.717) is 16.6 Å². The molecule has 2 aromatic heterocycles. The van der Waals surface area contributed by atoms with E-state index in [2.05, 4.69) is 10.1 Å². The average molecular weight is 330 g/mol. The van der Waals surface area contributed by atoms with Crippen LogP contribution in [0.1, 0.15) is 10.4 Å². The molecule has 0 unspecified atom stereocenters. The predicted octanol–water partition coefficient (Wildman–Crippen LogP) is 2.47. The smallest absolute Gasteiger partial charge is 0.264 e. The van der Waals surface area contributed by atoms with Crippen LogP contribution in [0.3, 0.4) is 0 Å². The second-order valence-electron chi connectivity index (χ2n) is 5.60. The average Bonchev–Trinajstić information content (AvgIpc) is 3.10. The van der Waals surface area contributed by atoms with E-state index in [1.807, 2.05) is 36.4 Å². The Bertz CT molecular complexity index is 1100. The van der Waals surface area contributed by atoms with E-state index in [-0.39, 0.29) is 17.9 Å². The number of hydrogen-bond donors (Lipinski definition) is 0. The van der Waals surface area contributed by atoms with E-state index >= 15 is 0 Å². The van der Waals surface area contributed by atoms with Crippen molar-refractivity contribution in [2.45, 2.75) is 6.54 Å². The molecule has 0 atom stereocenters. The van der Waals surface area contributed by atoms with E-state index in [1.54, 1.807) is 28.9 Å². The molecule has 0 saturated carbocycles. The highest BCUT2D eigenvalue weighted by molar-refractivity contribution is 5.95. The number of para-hydroxylation sites is 1. The summed E-state index contributed by atoms with van der Waals surface area (Å²) in [5.41, 5.74) is 1.58. The topological polar surface area (TPSA) is 69.8 Å². The third kappa shape index (κ3) is 2.74. The fraction of sp³-hybridized carbons (Fsp3) is 0.0526. The molecule has 0 spiro atoms. The van der Waals surface area contributed by atoms with Crippen LogP contribution < -0.4 is 5.56 Å². The molecule has 4 rings (SSSR count). The third-order valence-corrected chi connectivity index (χ3v) is 3.96. The second kappa shape index (κ2) is 6.16. The largest absolute Gasteiger partial charge is 0.292 e. The number of benzene rings is 2. The summed E-state index contributed by atoms with van der Waals surface area (Å²) in [4.78, 5) is 29.3. The van der Waals surface area contributed by atoms with Gasteiger partial charge in [0.1, 0.15) is 11.7 Å². The molecule has 0 aliphatic heterocycles. The van der Waals surface area contributed by atoms with E-state index < -0.39 is 0 Å². The van der Waals surface area contributed by atoms with Crippen molar-refractivity contribution in [2.24, 2.45) is 0 Å². The van der Waals surface area contributed by atoms with Crippen LogP contribution >= 0.6 is 0 Å². The molecule has 2 aromatic carbocycles. The van der Waals surface area contributed by atoms with Gasteiger partial charge in [-0.05, 0) is 12.1 Å². The van der Waals surface area contributed by atoms with Gasteiger partial charge in [-0.15, -0.1) is 0 Å². The van der Waals surface area contributed by atoms with Gasteiger partial charge in [0.25, 0.3) is 5.56 Å². The zero-order valence-electron chi connectivity index (χ0n) is 13.2. The Morgan fingerprint density at radius 1 is 0.960 bits per heavy atom. The molecule has 0 fully saturated rings. The summed E-state index contributed by atoms with van der Waals surface area (Å²) in [5.74, 6) is -0.140. The first-order valence-electron chi connectivity index (χ1n) is 7.81. The van der Waals surface area contributed by atoms with Crippen LogP contribution in [0.15, 0.2) is 78.0 Å². The molecule has 4 aromatic rings. The summed E-state index contributed by atoms with van der Waals surface area (Å²) in [6.07, 6.45) is 2.88. The van der Waals surface area contributed by atoms with Gasteiger partial charge in [0.15, 0.2) is 11.4 Å². The Morgan fingerprint density at radius 3 is 2.36 bits per heavy atom. The van der Waals surface area contributed by atoms with Crippen molar-refractivity contribution in [1.82, 2.24) is 19.3 Å². The van der Waals surface area contributed by atoms with Crippen LogP contribution in [-0.4, -0.2) is 25.1 Å². The maximum Gasteiger partial charge on any atom is 0.264 e. The van der Waals surface area contributed by atoms with Crippen molar-refractivity contribution >= 4 is 16.8 Å². The lowest BCUT2D eigenvalue weighted by molar-refractivity contribution is 0.0970. The zero-order chi connectivity index (χ0) is 17.2. The first-order valence-corrected chi connectivity index (χ1v) is 7.81. The van der Waals surface area contributed by atoms with E-state index in [4.69, 9.17) is 0 Å². The maximum atomic E-state index is 12.7.